The molecule has 11 heteroatoms. The van der Waals surface area contributed by atoms with Crippen LogP contribution in [0, 0.1) is 5.92 Å². The van der Waals surface area contributed by atoms with Crippen molar-refractivity contribution in [3.63, 3.8) is 0 Å². The minimum absolute atomic E-state index is 0.0387. The second kappa shape index (κ2) is 13.1. The van der Waals surface area contributed by atoms with E-state index in [1.54, 1.807) is 10.7 Å². The Balaban J connectivity index is 1.49. The van der Waals surface area contributed by atoms with E-state index in [2.05, 4.69) is 20.9 Å². The second-order valence-electron chi connectivity index (χ2n) is 11.2. The Morgan fingerprint density at radius 3 is 2.32 bits per heavy atom. The summed E-state index contributed by atoms with van der Waals surface area (Å²) in [4.78, 5) is 32.7. The molecule has 0 bridgehead atoms. The van der Waals surface area contributed by atoms with Gasteiger partial charge >= 0.3 is 7.12 Å². The van der Waals surface area contributed by atoms with Crippen molar-refractivity contribution >= 4 is 24.6 Å². The van der Waals surface area contributed by atoms with Gasteiger partial charge in [-0.15, -0.1) is 0 Å². The predicted molar refractivity (Wildman–Crippen MR) is 158 cm³/mol. The summed E-state index contributed by atoms with van der Waals surface area (Å²) < 4.78 is 1.69. The van der Waals surface area contributed by atoms with Crippen molar-refractivity contribution < 1.29 is 24.5 Å². The Morgan fingerprint density at radius 1 is 1.05 bits per heavy atom. The molecule has 2 atom stereocenters. The van der Waals surface area contributed by atoms with Gasteiger partial charge in [0, 0.05) is 24.4 Å². The minimum atomic E-state index is -1.72. The zero-order chi connectivity index (χ0) is 29.6. The molecule has 0 saturated heterocycles. The molecule has 1 aliphatic heterocycles. The molecule has 0 saturated carbocycles. The van der Waals surface area contributed by atoms with Gasteiger partial charge in [-0.2, -0.15) is 5.10 Å². The highest BCUT2D eigenvalue weighted by Crippen LogP contribution is 2.30. The third kappa shape index (κ3) is 7.42. The molecule has 2 heterocycles. The monoisotopic (exact) mass is 559 g/mol. The Kier molecular flexibility index (Phi) is 9.62. The van der Waals surface area contributed by atoms with Gasteiger partial charge in [0.2, 0.25) is 5.60 Å². The van der Waals surface area contributed by atoms with E-state index in [-0.39, 0.29) is 37.3 Å². The minimum Gasteiger partial charge on any atom is -0.426 e. The van der Waals surface area contributed by atoms with Crippen LogP contribution in [0.5, 0.6) is 0 Å². The number of amides is 2. The lowest BCUT2D eigenvalue weighted by Gasteiger charge is -2.29. The van der Waals surface area contributed by atoms with E-state index in [4.69, 9.17) is 4.84 Å². The summed E-state index contributed by atoms with van der Waals surface area (Å²) in [6, 6.07) is 20.8. The number of hydrogen-bond donors (Lipinski definition) is 4. The van der Waals surface area contributed by atoms with Crippen molar-refractivity contribution in [2.75, 3.05) is 6.54 Å². The molecule has 10 nitrogen and oxygen atoms in total. The first-order valence-corrected chi connectivity index (χ1v) is 14.0. The van der Waals surface area contributed by atoms with Crippen LogP contribution in [0.25, 0.3) is 11.3 Å². The second-order valence-corrected chi connectivity index (χ2v) is 11.2. The molecule has 1 aliphatic rings. The maximum atomic E-state index is 13.6. The Bertz CT molecular complexity index is 1360. The molecular weight excluding hydrogens is 521 g/mol. The van der Waals surface area contributed by atoms with Crippen LogP contribution in [0.4, 0.5) is 0 Å². The standard InChI is InChI=1S/C30H38BN5O5/c1-20(2)15-27(31(39)40)33-29(38)30(17-22-11-7-5-8-12-22)18-24(35-41-30)19-32-28(37)26-16-25(34-36(26)21(3)4)23-13-9-6-10-14-23/h5-14,16,20-21,27,39-40H,15,17-19H2,1-4H3,(H,32,37)(H,33,38)/t27-,30?/m0/s1. The first-order valence-electron chi connectivity index (χ1n) is 14.0. The quantitative estimate of drug-likeness (QED) is 0.252. The van der Waals surface area contributed by atoms with Gasteiger partial charge in [0.05, 0.1) is 23.9 Å². The lowest BCUT2D eigenvalue weighted by molar-refractivity contribution is -0.144. The fourth-order valence-corrected chi connectivity index (χ4v) is 4.91. The summed E-state index contributed by atoms with van der Waals surface area (Å²) in [5.41, 5.74) is 1.99. The highest BCUT2D eigenvalue weighted by Gasteiger charge is 2.48. The fraction of sp³-hybridized carbons (Fsp3) is 0.400. The van der Waals surface area contributed by atoms with E-state index < -0.39 is 24.6 Å². The van der Waals surface area contributed by atoms with Crippen LogP contribution >= 0.6 is 0 Å². The molecule has 1 aromatic heterocycles. The van der Waals surface area contributed by atoms with Crippen molar-refractivity contribution in [1.29, 1.82) is 0 Å². The third-order valence-corrected chi connectivity index (χ3v) is 6.97. The van der Waals surface area contributed by atoms with Crippen molar-refractivity contribution in [3.05, 3.63) is 78.0 Å². The molecule has 2 amide bonds. The van der Waals surface area contributed by atoms with Gasteiger partial charge in [-0.05, 0) is 37.8 Å². The topological polar surface area (TPSA) is 138 Å². The largest absolute Gasteiger partial charge is 0.475 e. The summed E-state index contributed by atoms with van der Waals surface area (Å²) in [5, 5.41) is 34.3. The smallest absolute Gasteiger partial charge is 0.426 e. The normalized spacial score (nSPS) is 17.2. The lowest BCUT2D eigenvalue weighted by Crippen LogP contribution is -2.56. The van der Waals surface area contributed by atoms with Gasteiger partial charge < -0.3 is 25.5 Å². The van der Waals surface area contributed by atoms with Gasteiger partial charge in [0.25, 0.3) is 11.8 Å². The number of aromatic nitrogens is 2. The fourth-order valence-electron chi connectivity index (χ4n) is 4.91. The number of carbonyl (C=O) groups excluding carboxylic acids is 2. The highest BCUT2D eigenvalue weighted by molar-refractivity contribution is 6.43. The van der Waals surface area contributed by atoms with Gasteiger partial charge in [-0.1, -0.05) is 79.7 Å². The van der Waals surface area contributed by atoms with Crippen LogP contribution in [0.2, 0.25) is 0 Å². The van der Waals surface area contributed by atoms with E-state index in [1.165, 1.54) is 0 Å². The van der Waals surface area contributed by atoms with Crippen LogP contribution in [-0.4, -0.2) is 62.6 Å². The molecule has 4 rings (SSSR count). The van der Waals surface area contributed by atoms with Gasteiger partial charge in [-0.25, -0.2) is 0 Å². The molecule has 0 spiro atoms. The Morgan fingerprint density at radius 2 is 1.71 bits per heavy atom. The lowest BCUT2D eigenvalue weighted by atomic mass is 9.74. The first-order chi connectivity index (χ1) is 19.6. The number of oxime groups is 1. The maximum absolute atomic E-state index is 13.6. The van der Waals surface area contributed by atoms with E-state index >= 15 is 0 Å². The average Bonchev–Trinajstić information content (AvgIpc) is 3.58. The summed E-state index contributed by atoms with van der Waals surface area (Å²) in [5.74, 6) is -1.55. The number of carbonyl (C=O) groups is 2. The molecule has 216 valence electrons. The highest BCUT2D eigenvalue weighted by atomic mass is 16.7. The van der Waals surface area contributed by atoms with E-state index in [0.29, 0.717) is 23.5 Å². The van der Waals surface area contributed by atoms with Crippen LogP contribution in [0.1, 0.15) is 62.6 Å². The van der Waals surface area contributed by atoms with Crippen LogP contribution in [0.15, 0.2) is 71.9 Å². The van der Waals surface area contributed by atoms with Crippen molar-refractivity contribution in [3.8, 4) is 11.3 Å². The molecule has 0 radical (unpaired) electrons. The summed E-state index contributed by atoms with van der Waals surface area (Å²) in [7, 11) is -1.72. The summed E-state index contributed by atoms with van der Waals surface area (Å²) in [6.07, 6.45) is 0.725. The first kappa shape index (κ1) is 30.0. The summed E-state index contributed by atoms with van der Waals surface area (Å²) in [6.45, 7) is 7.86. The molecule has 4 N–H and O–H groups in total. The third-order valence-electron chi connectivity index (χ3n) is 6.97. The Labute approximate surface area is 240 Å². The van der Waals surface area contributed by atoms with Crippen molar-refractivity contribution in [1.82, 2.24) is 20.4 Å². The number of nitrogens with zero attached hydrogens (tertiary/aromatic N) is 3. The molecule has 2 aromatic carbocycles. The molecule has 1 unspecified atom stereocenters. The molecule has 0 fully saturated rings. The number of hydrogen-bond acceptors (Lipinski definition) is 7. The number of rotatable bonds is 12. The molecule has 0 aliphatic carbocycles. The summed E-state index contributed by atoms with van der Waals surface area (Å²) >= 11 is 0. The van der Waals surface area contributed by atoms with E-state index in [1.807, 2.05) is 88.4 Å². The molecule has 3 aromatic rings. The van der Waals surface area contributed by atoms with Gasteiger partial charge in [0.1, 0.15) is 5.69 Å². The molecule has 41 heavy (non-hydrogen) atoms. The van der Waals surface area contributed by atoms with E-state index in [9.17, 15) is 19.6 Å². The van der Waals surface area contributed by atoms with E-state index in [0.717, 1.165) is 11.1 Å². The number of nitrogens with one attached hydrogen (secondary N) is 2. The number of benzene rings is 2. The SMILES string of the molecule is CC(C)C[C@H](NC(=O)C1(Cc2ccccc2)CC(CNC(=O)c2cc(-c3ccccc3)nn2C(C)C)=NO1)B(O)O. The van der Waals surface area contributed by atoms with Crippen molar-refractivity contribution in [2.24, 2.45) is 11.1 Å². The predicted octanol–water partition coefficient (Wildman–Crippen LogP) is 3.16. The zero-order valence-corrected chi connectivity index (χ0v) is 23.9. The maximum Gasteiger partial charge on any atom is 0.475 e. The van der Waals surface area contributed by atoms with Gasteiger partial charge in [-0.3, -0.25) is 14.3 Å². The zero-order valence-electron chi connectivity index (χ0n) is 23.9. The van der Waals surface area contributed by atoms with Crippen LogP contribution in [0.3, 0.4) is 0 Å². The van der Waals surface area contributed by atoms with Gasteiger partial charge in [0.15, 0.2) is 0 Å². The molecular formula is C30H38BN5O5. The van der Waals surface area contributed by atoms with Crippen LogP contribution in [-0.2, 0) is 16.1 Å². The van der Waals surface area contributed by atoms with Crippen LogP contribution < -0.4 is 10.6 Å². The average molecular weight is 559 g/mol. The Hall–Kier alpha value is -3.96. The van der Waals surface area contributed by atoms with Crippen molar-refractivity contribution in [2.45, 2.75) is 64.5 Å².